The molecule has 0 fully saturated rings. The van der Waals surface area contributed by atoms with E-state index in [1.807, 2.05) is 13.2 Å². The van der Waals surface area contributed by atoms with Crippen molar-refractivity contribution in [2.24, 2.45) is 0 Å². The second kappa shape index (κ2) is 7.38. The number of carbonyl (C=O) groups excluding carboxylic acids is 1. The van der Waals surface area contributed by atoms with Crippen LogP contribution in [0.15, 0.2) is 24.3 Å². The van der Waals surface area contributed by atoms with Gasteiger partial charge in [-0.25, -0.2) is 0 Å². The largest absolute Gasteiger partial charge is 0.350 e. The van der Waals surface area contributed by atoms with Gasteiger partial charge in [-0.3, -0.25) is 4.79 Å². The lowest BCUT2D eigenvalue weighted by atomic mass is 10.0. The zero-order chi connectivity index (χ0) is 12.7. The minimum absolute atomic E-state index is 0.0928. The first-order valence-electron chi connectivity index (χ1n) is 6.04. The van der Waals surface area contributed by atoms with Gasteiger partial charge in [-0.2, -0.15) is 11.8 Å². The van der Waals surface area contributed by atoms with Gasteiger partial charge in [0.15, 0.2) is 0 Å². The van der Waals surface area contributed by atoms with E-state index in [2.05, 4.69) is 36.5 Å². The number of thioether (sulfide) groups is 1. The monoisotopic (exact) mass is 251 g/mol. The Hall–Kier alpha value is -0.960. The second-order valence-corrected chi connectivity index (χ2v) is 5.11. The Labute approximate surface area is 108 Å². The molecule has 1 rings (SSSR count). The van der Waals surface area contributed by atoms with Gasteiger partial charge in [0.1, 0.15) is 0 Å². The number of amides is 1. The summed E-state index contributed by atoms with van der Waals surface area (Å²) in [5.74, 6) is 1.01. The molecule has 0 aliphatic carbocycles. The van der Waals surface area contributed by atoms with Crippen molar-refractivity contribution in [3.05, 3.63) is 35.4 Å². The van der Waals surface area contributed by atoms with Gasteiger partial charge >= 0.3 is 0 Å². The van der Waals surface area contributed by atoms with Crippen molar-refractivity contribution in [3.63, 3.8) is 0 Å². The average molecular weight is 251 g/mol. The van der Waals surface area contributed by atoms with E-state index in [1.54, 1.807) is 11.8 Å². The molecule has 0 radical (unpaired) electrons. The Morgan fingerprint density at radius 2 is 2.00 bits per heavy atom. The van der Waals surface area contributed by atoms with Gasteiger partial charge in [-0.1, -0.05) is 31.2 Å². The summed E-state index contributed by atoms with van der Waals surface area (Å²) in [5, 5.41) is 3.02. The van der Waals surface area contributed by atoms with Gasteiger partial charge in [0.2, 0.25) is 5.91 Å². The van der Waals surface area contributed by atoms with Gasteiger partial charge < -0.3 is 5.32 Å². The molecule has 3 heteroatoms. The van der Waals surface area contributed by atoms with Gasteiger partial charge in [0, 0.05) is 12.2 Å². The maximum Gasteiger partial charge on any atom is 0.221 e. The molecule has 1 N–H and O–H groups in total. The fourth-order valence-electron chi connectivity index (χ4n) is 1.63. The molecule has 0 spiro atoms. The van der Waals surface area contributed by atoms with Crippen LogP contribution in [0.5, 0.6) is 0 Å². The van der Waals surface area contributed by atoms with E-state index in [0.29, 0.717) is 6.42 Å². The molecule has 0 aliphatic heterocycles. The molecule has 1 unspecified atom stereocenters. The van der Waals surface area contributed by atoms with Crippen LogP contribution in [0.4, 0.5) is 0 Å². The lowest BCUT2D eigenvalue weighted by Gasteiger charge is -2.14. The van der Waals surface area contributed by atoms with Crippen LogP contribution in [0.2, 0.25) is 0 Å². The number of rotatable bonds is 6. The highest BCUT2D eigenvalue weighted by molar-refractivity contribution is 7.98. The minimum atomic E-state index is 0.0928. The number of benzene rings is 1. The van der Waals surface area contributed by atoms with Crippen molar-refractivity contribution in [1.29, 1.82) is 0 Å². The highest BCUT2D eigenvalue weighted by Crippen LogP contribution is 2.14. The molecule has 17 heavy (non-hydrogen) atoms. The average Bonchev–Trinajstić information content (AvgIpc) is 2.36. The molecule has 0 aliphatic rings. The van der Waals surface area contributed by atoms with Crippen LogP contribution in [0.25, 0.3) is 0 Å². The van der Waals surface area contributed by atoms with E-state index in [4.69, 9.17) is 0 Å². The van der Waals surface area contributed by atoms with Gasteiger partial charge in [0.05, 0.1) is 6.04 Å². The van der Waals surface area contributed by atoms with E-state index in [-0.39, 0.29) is 11.9 Å². The van der Waals surface area contributed by atoms with Crippen LogP contribution in [0, 0.1) is 0 Å². The number of hydrogen-bond acceptors (Lipinski definition) is 2. The van der Waals surface area contributed by atoms with E-state index < -0.39 is 0 Å². The Morgan fingerprint density at radius 3 is 2.53 bits per heavy atom. The topological polar surface area (TPSA) is 29.1 Å². The van der Waals surface area contributed by atoms with Gasteiger partial charge in [-0.05, 0) is 30.7 Å². The third kappa shape index (κ3) is 4.82. The SMILES string of the molecule is CCc1ccc(C(C)NC(=O)CCSC)cc1. The molecule has 1 atom stereocenters. The van der Waals surface area contributed by atoms with E-state index >= 15 is 0 Å². The molecule has 1 amide bonds. The van der Waals surface area contributed by atoms with Crippen molar-refractivity contribution in [2.45, 2.75) is 32.7 Å². The summed E-state index contributed by atoms with van der Waals surface area (Å²) in [5.41, 5.74) is 2.49. The molecule has 0 saturated heterocycles. The van der Waals surface area contributed by atoms with Crippen LogP contribution in [-0.2, 0) is 11.2 Å². The molecule has 1 aromatic carbocycles. The Bertz CT molecular complexity index is 348. The first-order valence-corrected chi connectivity index (χ1v) is 7.44. The van der Waals surface area contributed by atoms with Crippen LogP contribution in [0.3, 0.4) is 0 Å². The predicted octanol–water partition coefficient (Wildman–Crippen LogP) is 3.18. The zero-order valence-electron chi connectivity index (χ0n) is 10.8. The molecule has 94 valence electrons. The lowest BCUT2D eigenvalue weighted by Crippen LogP contribution is -2.26. The molecule has 0 heterocycles. The number of nitrogens with one attached hydrogen (secondary N) is 1. The van der Waals surface area contributed by atoms with E-state index in [9.17, 15) is 4.79 Å². The number of carbonyl (C=O) groups is 1. The molecule has 2 nitrogen and oxygen atoms in total. The standard InChI is InChI=1S/C14H21NOS/c1-4-12-5-7-13(8-6-12)11(2)15-14(16)9-10-17-3/h5-8,11H,4,9-10H2,1-3H3,(H,15,16). The Balaban J connectivity index is 2.51. The third-order valence-corrected chi connectivity index (χ3v) is 3.41. The summed E-state index contributed by atoms with van der Waals surface area (Å²) in [6, 6.07) is 8.53. The lowest BCUT2D eigenvalue weighted by molar-refractivity contribution is -0.121. The molecule has 1 aromatic rings. The fraction of sp³-hybridized carbons (Fsp3) is 0.500. The first kappa shape index (κ1) is 14.1. The predicted molar refractivity (Wildman–Crippen MR) is 75.4 cm³/mol. The number of hydrogen-bond donors (Lipinski definition) is 1. The van der Waals surface area contributed by atoms with Crippen molar-refractivity contribution < 1.29 is 4.79 Å². The van der Waals surface area contributed by atoms with Gasteiger partial charge in [-0.15, -0.1) is 0 Å². The van der Waals surface area contributed by atoms with Crippen LogP contribution >= 0.6 is 11.8 Å². The van der Waals surface area contributed by atoms with Crippen LogP contribution < -0.4 is 5.32 Å². The Morgan fingerprint density at radius 1 is 1.35 bits per heavy atom. The summed E-state index contributed by atoms with van der Waals surface area (Å²) in [6.07, 6.45) is 3.66. The normalized spacial score (nSPS) is 12.2. The molecule has 0 bridgehead atoms. The molecule has 0 saturated carbocycles. The van der Waals surface area contributed by atoms with E-state index in [0.717, 1.165) is 12.2 Å². The first-order chi connectivity index (χ1) is 8.17. The summed E-state index contributed by atoms with van der Waals surface area (Å²) < 4.78 is 0. The van der Waals surface area contributed by atoms with E-state index in [1.165, 1.54) is 11.1 Å². The smallest absolute Gasteiger partial charge is 0.221 e. The highest BCUT2D eigenvalue weighted by atomic mass is 32.2. The third-order valence-electron chi connectivity index (χ3n) is 2.80. The van der Waals surface area contributed by atoms with Crippen molar-refractivity contribution in [3.8, 4) is 0 Å². The summed E-state index contributed by atoms with van der Waals surface area (Å²) in [7, 11) is 0. The van der Waals surface area contributed by atoms with Crippen LogP contribution in [-0.4, -0.2) is 17.9 Å². The summed E-state index contributed by atoms with van der Waals surface area (Å²) in [6.45, 7) is 4.17. The van der Waals surface area contributed by atoms with Crippen molar-refractivity contribution >= 4 is 17.7 Å². The second-order valence-electron chi connectivity index (χ2n) is 4.13. The zero-order valence-corrected chi connectivity index (χ0v) is 11.6. The summed E-state index contributed by atoms with van der Waals surface area (Å²) in [4.78, 5) is 11.6. The highest BCUT2D eigenvalue weighted by Gasteiger charge is 2.08. The maximum absolute atomic E-state index is 11.6. The molecule has 0 aromatic heterocycles. The fourth-order valence-corrected chi connectivity index (χ4v) is 2.02. The van der Waals surface area contributed by atoms with Crippen molar-refractivity contribution in [1.82, 2.24) is 5.32 Å². The summed E-state index contributed by atoms with van der Waals surface area (Å²) >= 11 is 1.70. The maximum atomic E-state index is 11.6. The number of aryl methyl sites for hydroxylation is 1. The molecular weight excluding hydrogens is 230 g/mol. The molecular formula is C14H21NOS. The van der Waals surface area contributed by atoms with Gasteiger partial charge in [0.25, 0.3) is 0 Å². The van der Waals surface area contributed by atoms with Crippen molar-refractivity contribution in [2.75, 3.05) is 12.0 Å². The van der Waals surface area contributed by atoms with Crippen LogP contribution in [0.1, 0.15) is 37.4 Å². The Kier molecular flexibility index (Phi) is 6.12. The quantitative estimate of drug-likeness (QED) is 0.841. The minimum Gasteiger partial charge on any atom is -0.350 e.